The van der Waals surface area contributed by atoms with Crippen LogP contribution in [0.5, 0.6) is 0 Å². The molecule has 1 atom stereocenters. The van der Waals surface area contributed by atoms with Gasteiger partial charge in [0, 0.05) is 25.6 Å². The Hall–Kier alpha value is -2.17. The molecule has 1 fully saturated rings. The molecule has 0 spiro atoms. The first kappa shape index (κ1) is 16.2. The van der Waals surface area contributed by atoms with Crippen molar-refractivity contribution >= 4 is 18.0 Å². The average molecular weight is 305 g/mol. The minimum atomic E-state index is -0.797. The van der Waals surface area contributed by atoms with E-state index in [1.54, 1.807) is 23.1 Å². The van der Waals surface area contributed by atoms with Crippen LogP contribution in [0.15, 0.2) is 30.3 Å². The Morgan fingerprint density at radius 2 is 2.23 bits per heavy atom. The van der Waals surface area contributed by atoms with Crippen LogP contribution in [0.1, 0.15) is 31.2 Å². The second-order valence-corrected chi connectivity index (χ2v) is 5.61. The Bertz CT molecular complexity index is 571. The van der Waals surface area contributed by atoms with Gasteiger partial charge in [-0.15, -0.1) is 0 Å². The van der Waals surface area contributed by atoms with Crippen LogP contribution in [0.25, 0.3) is 6.08 Å². The molecule has 1 unspecified atom stereocenters. The summed E-state index contributed by atoms with van der Waals surface area (Å²) in [5.41, 5.74) is 0.646. The second-order valence-electron chi connectivity index (χ2n) is 5.61. The topological polar surface area (TPSA) is 57.6 Å². The summed E-state index contributed by atoms with van der Waals surface area (Å²) in [4.78, 5) is 24.5. The molecule has 2 rings (SSSR count). The SMILES string of the molecule is O=C(O)CCC1CCCN(C(=O)/C=C/c2cccc(F)c2)C1. The van der Waals surface area contributed by atoms with Gasteiger partial charge < -0.3 is 10.0 Å². The first-order valence-corrected chi connectivity index (χ1v) is 7.49. The van der Waals surface area contributed by atoms with Crippen LogP contribution >= 0.6 is 0 Å². The van der Waals surface area contributed by atoms with Crippen molar-refractivity contribution in [3.05, 3.63) is 41.7 Å². The number of likely N-dealkylation sites (tertiary alicyclic amines) is 1. The maximum absolute atomic E-state index is 13.1. The van der Waals surface area contributed by atoms with Crippen molar-refractivity contribution in [3.8, 4) is 0 Å². The van der Waals surface area contributed by atoms with E-state index in [9.17, 15) is 14.0 Å². The number of carbonyl (C=O) groups excluding carboxylic acids is 1. The fraction of sp³-hybridized carbons (Fsp3) is 0.412. The van der Waals surface area contributed by atoms with Crippen LogP contribution in [0.3, 0.4) is 0 Å². The van der Waals surface area contributed by atoms with Crippen molar-refractivity contribution in [2.75, 3.05) is 13.1 Å². The van der Waals surface area contributed by atoms with Crippen LogP contribution in [-0.2, 0) is 9.59 Å². The molecular formula is C17H20FNO3. The van der Waals surface area contributed by atoms with Crippen molar-refractivity contribution in [1.29, 1.82) is 0 Å². The summed E-state index contributed by atoms with van der Waals surface area (Å²) in [5.74, 6) is -0.989. The molecule has 1 saturated heterocycles. The minimum absolute atomic E-state index is 0.107. The molecule has 0 bridgehead atoms. The Morgan fingerprint density at radius 3 is 2.95 bits per heavy atom. The molecule has 1 N–H and O–H groups in total. The number of carboxylic acid groups (broad SMARTS) is 1. The van der Waals surface area contributed by atoms with Crippen molar-refractivity contribution in [2.45, 2.75) is 25.7 Å². The number of piperidine rings is 1. The van der Waals surface area contributed by atoms with Crippen molar-refractivity contribution < 1.29 is 19.1 Å². The lowest BCUT2D eigenvalue weighted by Crippen LogP contribution is -2.39. The Kier molecular flexibility index (Phi) is 5.69. The van der Waals surface area contributed by atoms with E-state index in [-0.39, 0.29) is 24.1 Å². The van der Waals surface area contributed by atoms with Gasteiger partial charge in [0.1, 0.15) is 5.82 Å². The zero-order valence-electron chi connectivity index (χ0n) is 12.4. The molecule has 0 saturated carbocycles. The third-order valence-corrected chi connectivity index (χ3v) is 3.86. The number of benzene rings is 1. The van der Waals surface area contributed by atoms with Crippen LogP contribution in [0.2, 0.25) is 0 Å². The molecule has 0 radical (unpaired) electrons. The largest absolute Gasteiger partial charge is 0.481 e. The van der Waals surface area contributed by atoms with Crippen molar-refractivity contribution in [1.82, 2.24) is 4.90 Å². The lowest BCUT2D eigenvalue weighted by atomic mass is 9.93. The molecule has 1 heterocycles. The fourth-order valence-electron chi connectivity index (χ4n) is 2.71. The lowest BCUT2D eigenvalue weighted by Gasteiger charge is -2.32. The number of hydrogen-bond acceptors (Lipinski definition) is 2. The number of amides is 1. The van der Waals surface area contributed by atoms with Gasteiger partial charge in [0.2, 0.25) is 5.91 Å². The van der Waals surface area contributed by atoms with Gasteiger partial charge in [-0.2, -0.15) is 0 Å². The van der Waals surface area contributed by atoms with E-state index in [1.165, 1.54) is 18.2 Å². The van der Waals surface area contributed by atoms with E-state index >= 15 is 0 Å². The van der Waals surface area contributed by atoms with Crippen molar-refractivity contribution in [3.63, 3.8) is 0 Å². The second kappa shape index (κ2) is 7.73. The highest BCUT2D eigenvalue weighted by molar-refractivity contribution is 5.91. The predicted molar refractivity (Wildman–Crippen MR) is 81.6 cm³/mol. The van der Waals surface area contributed by atoms with Gasteiger partial charge in [0.25, 0.3) is 0 Å². The van der Waals surface area contributed by atoms with Gasteiger partial charge in [0.15, 0.2) is 0 Å². The van der Waals surface area contributed by atoms with Gasteiger partial charge >= 0.3 is 5.97 Å². The number of aliphatic carboxylic acids is 1. The smallest absolute Gasteiger partial charge is 0.303 e. The molecular weight excluding hydrogens is 285 g/mol. The predicted octanol–water partition coefficient (Wildman–Crippen LogP) is 2.94. The Balaban J connectivity index is 1.90. The summed E-state index contributed by atoms with van der Waals surface area (Å²) < 4.78 is 13.1. The number of rotatable bonds is 5. The number of halogens is 1. The van der Waals surface area contributed by atoms with E-state index in [4.69, 9.17) is 5.11 Å². The summed E-state index contributed by atoms with van der Waals surface area (Å²) in [6.07, 6.45) is 5.66. The quantitative estimate of drug-likeness (QED) is 0.851. The van der Waals surface area contributed by atoms with Crippen LogP contribution in [0.4, 0.5) is 4.39 Å². The van der Waals surface area contributed by atoms with Gasteiger partial charge in [-0.05, 0) is 49.0 Å². The number of nitrogens with zero attached hydrogens (tertiary/aromatic N) is 1. The van der Waals surface area contributed by atoms with Crippen LogP contribution < -0.4 is 0 Å². The van der Waals surface area contributed by atoms with Gasteiger partial charge in [-0.25, -0.2) is 4.39 Å². The number of carbonyl (C=O) groups is 2. The zero-order chi connectivity index (χ0) is 15.9. The Morgan fingerprint density at radius 1 is 1.41 bits per heavy atom. The fourth-order valence-corrected chi connectivity index (χ4v) is 2.71. The van der Waals surface area contributed by atoms with Gasteiger partial charge in [-0.1, -0.05) is 12.1 Å². The summed E-state index contributed by atoms with van der Waals surface area (Å²) in [5, 5.41) is 8.73. The van der Waals surface area contributed by atoms with Crippen LogP contribution in [-0.4, -0.2) is 35.0 Å². The molecule has 4 nitrogen and oxygen atoms in total. The highest BCUT2D eigenvalue weighted by Gasteiger charge is 2.22. The molecule has 1 amide bonds. The summed E-state index contributed by atoms with van der Waals surface area (Å²) in [6, 6.07) is 6.06. The third-order valence-electron chi connectivity index (χ3n) is 3.86. The van der Waals surface area contributed by atoms with Crippen molar-refractivity contribution in [2.24, 2.45) is 5.92 Å². The van der Waals surface area contributed by atoms with Gasteiger partial charge in [0.05, 0.1) is 0 Å². The van der Waals surface area contributed by atoms with E-state index in [2.05, 4.69) is 0 Å². The normalized spacial score (nSPS) is 18.6. The molecule has 1 aliphatic heterocycles. The molecule has 5 heteroatoms. The van der Waals surface area contributed by atoms with E-state index in [0.29, 0.717) is 25.1 Å². The van der Waals surface area contributed by atoms with Crippen LogP contribution in [0, 0.1) is 11.7 Å². The molecule has 118 valence electrons. The highest BCUT2D eigenvalue weighted by Crippen LogP contribution is 2.21. The Labute approximate surface area is 129 Å². The lowest BCUT2D eigenvalue weighted by molar-refractivity contribution is -0.137. The monoisotopic (exact) mass is 305 g/mol. The van der Waals surface area contributed by atoms with Gasteiger partial charge in [-0.3, -0.25) is 9.59 Å². The summed E-state index contributed by atoms with van der Waals surface area (Å²) in [6.45, 7) is 1.29. The standard InChI is InChI=1S/C17H20FNO3/c18-15-5-1-3-13(11-15)6-8-16(20)19-10-2-4-14(12-19)7-9-17(21)22/h1,3,5-6,8,11,14H,2,4,7,9-10,12H2,(H,21,22)/b8-6+. The molecule has 1 aromatic carbocycles. The first-order chi connectivity index (χ1) is 10.5. The van der Waals surface area contributed by atoms with E-state index < -0.39 is 5.97 Å². The van der Waals surface area contributed by atoms with E-state index in [0.717, 1.165) is 12.8 Å². The zero-order valence-corrected chi connectivity index (χ0v) is 12.4. The first-order valence-electron chi connectivity index (χ1n) is 7.49. The maximum atomic E-state index is 13.1. The average Bonchev–Trinajstić information content (AvgIpc) is 2.51. The molecule has 22 heavy (non-hydrogen) atoms. The maximum Gasteiger partial charge on any atom is 0.303 e. The summed E-state index contributed by atoms with van der Waals surface area (Å²) >= 11 is 0. The minimum Gasteiger partial charge on any atom is -0.481 e. The molecule has 1 aromatic rings. The highest BCUT2D eigenvalue weighted by atomic mass is 19.1. The molecule has 0 aliphatic carbocycles. The molecule has 1 aliphatic rings. The number of hydrogen-bond donors (Lipinski definition) is 1. The van der Waals surface area contributed by atoms with E-state index in [1.807, 2.05) is 0 Å². The summed E-state index contributed by atoms with van der Waals surface area (Å²) in [7, 11) is 0. The molecule has 0 aromatic heterocycles. The third kappa shape index (κ3) is 4.98. The number of carboxylic acids is 1.